The molecule has 1 aliphatic rings. The molecule has 0 aromatic carbocycles. The highest BCUT2D eigenvalue weighted by atomic mass is 16.6. The maximum absolute atomic E-state index is 11.8. The van der Waals surface area contributed by atoms with Gasteiger partial charge in [-0.15, -0.1) is 0 Å². The number of rotatable bonds is 3. The number of nitrogens with zero attached hydrogens (tertiary/aromatic N) is 1. The van der Waals surface area contributed by atoms with Crippen molar-refractivity contribution in [1.82, 2.24) is 4.90 Å². The molecule has 1 rings (SSSR count). The number of ether oxygens (including phenoxy) is 1. The highest BCUT2D eigenvalue weighted by Gasteiger charge is 2.27. The fraction of sp³-hybridized carbons (Fsp3) is 0.923. The number of likely N-dealkylation sites (tertiary alicyclic amines) is 1. The summed E-state index contributed by atoms with van der Waals surface area (Å²) in [5, 5.41) is 9.51. The van der Waals surface area contributed by atoms with Gasteiger partial charge in [-0.1, -0.05) is 0 Å². The Morgan fingerprint density at radius 3 is 2.44 bits per heavy atom. The zero-order chi connectivity index (χ0) is 13.8. The minimum Gasteiger partial charge on any atom is -0.444 e. The van der Waals surface area contributed by atoms with Gasteiger partial charge >= 0.3 is 6.09 Å². The van der Waals surface area contributed by atoms with Crippen molar-refractivity contribution in [1.29, 1.82) is 0 Å². The molecule has 3 N–H and O–H groups in total. The maximum atomic E-state index is 11.8. The van der Waals surface area contributed by atoms with Crippen LogP contribution >= 0.6 is 0 Å². The molecule has 1 saturated heterocycles. The van der Waals surface area contributed by atoms with Gasteiger partial charge in [0.1, 0.15) is 5.60 Å². The molecule has 0 bridgehead atoms. The van der Waals surface area contributed by atoms with Crippen LogP contribution < -0.4 is 5.73 Å². The quantitative estimate of drug-likeness (QED) is 0.801. The second kappa shape index (κ2) is 6.38. The summed E-state index contributed by atoms with van der Waals surface area (Å²) in [6, 6.07) is 0. The second-order valence-electron chi connectivity index (χ2n) is 6.04. The summed E-state index contributed by atoms with van der Waals surface area (Å²) in [4.78, 5) is 13.6. The smallest absolute Gasteiger partial charge is 0.410 e. The van der Waals surface area contributed by atoms with Crippen LogP contribution in [0.3, 0.4) is 0 Å². The maximum Gasteiger partial charge on any atom is 0.410 e. The van der Waals surface area contributed by atoms with E-state index >= 15 is 0 Å². The molecule has 106 valence electrons. The number of nitrogens with two attached hydrogens (primary N) is 1. The molecule has 0 aromatic heterocycles. The van der Waals surface area contributed by atoms with Gasteiger partial charge in [-0.25, -0.2) is 4.79 Å². The van der Waals surface area contributed by atoms with Crippen molar-refractivity contribution in [3.8, 4) is 0 Å². The lowest BCUT2D eigenvalue weighted by Gasteiger charge is -2.34. The molecule has 1 atom stereocenters. The first kappa shape index (κ1) is 15.2. The number of amides is 1. The Bertz CT molecular complexity index is 268. The molecular weight excluding hydrogens is 232 g/mol. The van der Waals surface area contributed by atoms with Gasteiger partial charge < -0.3 is 20.5 Å². The Kier molecular flexibility index (Phi) is 5.41. The lowest BCUT2D eigenvalue weighted by atomic mass is 9.91. The van der Waals surface area contributed by atoms with Crippen LogP contribution in [0.5, 0.6) is 0 Å². The normalized spacial score (nSPS) is 19.7. The van der Waals surface area contributed by atoms with Crippen molar-refractivity contribution in [3.05, 3.63) is 0 Å². The number of aliphatic hydroxyl groups excluding tert-OH is 1. The van der Waals surface area contributed by atoms with Gasteiger partial charge in [0.15, 0.2) is 0 Å². The third kappa shape index (κ3) is 5.23. The first-order chi connectivity index (χ1) is 8.31. The molecule has 0 unspecified atom stereocenters. The van der Waals surface area contributed by atoms with Gasteiger partial charge in [0.05, 0.1) is 6.10 Å². The molecule has 18 heavy (non-hydrogen) atoms. The summed E-state index contributed by atoms with van der Waals surface area (Å²) >= 11 is 0. The summed E-state index contributed by atoms with van der Waals surface area (Å²) in [5.74, 6) is 0.460. The minimum atomic E-state index is -0.441. The average Bonchev–Trinajstić information content (AvgIpc) is 2.27. The van der Waals surface area contributed by atoms with Crippen molar-refractivity contribution in [2.75, 3.05) is 19.6 Å². The highest BCUT2D eigenvalue weighted by molar-refractivity contribution is 5.68. The molecule has 0 saturated carbocycles. The standard InChI is InChI=1S/C13H26N2O3/c1-13(2,3)18-12(17)15-6-4-10(5-7-15)8-11(16)9-14/h10-11,16H,4-9,14H2,1-3H3/t11-/m0/s1. The van der Waals surface area contributed by atoms with Crippen molar-refractivity contribution in [2.45, 2.75) is 51.7 Å². The molecule has 0 aliphatic carbocycles. The summed E-state index contributed by atoms with van der Waals surface area (Å²) in [5.41, 5.74) is 4.96. The Morgan fingerprint density at radius 1 is 1.44 bits per heavy atom. The van der Waals surface area contributed by atoms with E-state index in [4.69, 9.17) is 10.5 Å². The van der Waals surface area contributed by atoms with Gasteiger partial charge in [0.25, 0.3) is 0 Å². The zero-order valence-electron chi connectivity index (χ0n) is 11.7. The second-order valence-corrected chi connectivity index (χ2v) is 6.04. The Labute approximate surface area is 109 Å². The van der Waals surface area contributed by atoms with Crippen molar-refractivity contribution in [3.63, 3.8) is 0 Å². The van der Waals surface area contributed by atoms with E-state index in [1.165, 1.54) is 0 Å². The van der Waals surface area contributed by atoms with E-state index in [9.17, 15) is 9.90 Å². The molecule has 0 radical (unpaired) electrons. The fourth-order valence-corrected chi connectivity index (χ4v) is 2.16. The van der Waals surface area contributed by atoms with E-state index in [0.717, 1.165) is 19.3 Å². The lowest BCUT2D eigenvalue weighted by molar-refractivity contribution is 0.0163. The third-order valence-corrected chi connectivity index (χ3v) is 3.14. The first-order valence-corrected chi connectivity index (χ1v) is 6.68. The topological polar surface area (TPSA) is 75.8 Å². The van der Waals surface area contributed by atoms with Crippen molar-refractivity contribution in [2.24, 2.45) is 11.7 Å². The van der Waals surface area contributed by atoms with Crippen LogP contribution in [0.15, 0.2) is 0 Å². The summed E-state index contributed by atoms with van der Waals surface area (Å²) < 4.78 is 5.33. The van der Waals surface area contributed by atoms with E-state index in [1.54, 1.807) is 4.90 Å². The molecule has 5 heteroatoms. The van der Waals surface area contributed by atoms with E-state index in [2.05, 4.69) is 0 Å². The van der Waals surface area contributed by atoms with Gasteiger partial charge in [-0.05, 0) is 46.0 Å². The van der Waals surface area contributed by atoms with E-state index in [-0.39, 0.29) is 6.09 Å². The molecule has 0 spiro atoms. The predicted molar refractivity (Wildman–Crippen MR) is 70.2 cm³/mol. The first-order valence-electron chi connectivity index (χ1n) is 6.68. The number of piperidine rings is 1. The minimum absolute atomic E-state index is 0.236. The van der Waals surface area contributed by atoms with Gasteiger partial charge in [0.2, 0.25) is 0 Å². The fourth-order valence-electron chi connectivity index (χ4n) is 2.16. The number of hydrogen-bond donors (Lipinski definition) is 2. The Balaban J connectivity index is 2.33. The van der Waals surface area contributed by atoms with Crippen LogP contribution in [0.2, 0.25) is 0 Å². The van der Waals surface area contributed by atoms with Crippen LogP contribution in [0.1, 0.15) is 40.0 Å². The molecular formula is C13H26N2O3. The van der Waals surface area contributed by atoms with E-state index in [0.29, 0.717) is 25.6 Å². The largest absolute Gasteiger partial charge is 0.444 e. The monoisotopic (exact) mass is 258 g/mol. The van der Waals surface area contributed by atoms with E-state index in [1.807, 2.05) is 20.8 Å². The van der Waals surface area contributed by atoms with Gasteiger partial charge in [-0.2, -0.15) is 0 Å². The van der Waals surface area contributed by atoms with E-state index < -0.39 is 11.7 Å². The van der Waals surface area contributed by atoms with Crippen LogP contribution in [-0.2, 0) is 4.74 Å². The number of carbonyl (C=O) groups excluding carboxylic acids is 1. The van der Waals surface area contributed by atoms with Crippen LogP contribution in [-0.4, -0.2) is 47.4 Å². The average molecular weight is 258 g/mol. The number of aliphatic hydroxyl groups is 1. The zero-order valence-corrected chi connectivity index (χ0v) is 11.7. The summed E-state index contributed by atoms with van der Waals surface area (Å²) in [6.07, 6.45) is 1.91. The molecule has 1 fully saturated rings. The highest BCUT2D eigenvalue weighted by Crippen LogP contribution is 2.23. The Morgan fingerprint density at radius 2 is 2.00 bits per heavy atom. The predicted octanol–water partition coefficient (Wildman–Crippen LogP) is 1.34. The van der Waals surface area contributed by atoms with Crippen LogP contribution in [0.25, 0.3) is 0 Å². The summed E-state index contributed by atoms with van der Waals surface area (Å²) in [6.45, 7) is 7.33. The van der Waals surface area contributed by atoms with Crippen molar-refractivity contribution >= 4 is 6.09 Å². The SMILES string of the molecule is CC(C)(C)OC(=O)N1CCC(C[C@H](O)CN)CC1. The van der Waals surface area contributed by atoms with Gasteiger partial charge in [0, 0.05) is 19.6 Å². The number of hydrogen-bond acceptors (Lipinski definition) is 4. The van der Waals surface area contributed by atoms with Crippen molar-refractivity contribution < 1.29 is 14.6 Å². The van der Waals surface area contributed by atoms with Crippen LogP contribution in [0.4, 0.5) is 4.79 Å². The summed E-state index contributed by atoms with van der Waals surface area (Å²) in [7, 11) is 0. The lowest BCUT2D eigenvalue weighted by Crippen LogP contribution is -2.42. The Hall–Kier alpha value is -0.810. The third-order valence-electron chi connectivity index (χ3n) is 3.14. The molecule has 0 aromatic rings. The molecule has 1 heterocycles. The molecule has 1 amide bonds. The number of carbonyl (C=O) groups is 1. The molecule has 1 aliphatic heterocycles. The molecule has 5 nitrogen and oxygen atoms in total. The van der Waals surface area contributed by atoms with Gasteiger partial charge in [-0.3, -0.25) is 0 Å². The van der Waals surface area contributed by atoms with Crippen LogP contribution in [0, 0.1) is 5.92 Å².